The first kappa shape index (κ1) is 14.9. The highest BCUT2D eigenvalue weighted by atomic mass is 16.5. The molecule has 1 aromatic carbocycles. The van der Waals surface area contributed by atoms with Crippen LogP contribution < -0.4 is 0 Å². The third-order valence-corrected chi connectivity index (χ3v) is 2.93. The van der Waals surface area contributed by atoms with Gasteiger partial charge in [0.15, 0.2) is 5.78 Å². The lowest BCUT2D eigenvalue weighted by atomic mass is 10.1. The first-order valence-corrected chi connectivity index (χ1v) is 6.49. The Balaban J connectivity index is 2.16. The van der Waals surface area contributed by atoms with E-state index in [0.29, 0.717) is 6.42 Å². The average molecular weight is 249 g/mol. The molecule has 0 amide bonds. The van der Waals surface area contributed by atoms with Crippen LogP contribution in [0.4, 0.5) is 0 Å². The van der Waals surface area contributed by atoms with E-state index in [-0.39, 0.29) is 5.78 Å². The maximum Gasteiger partial charge on any atom is 0.162 e. The van der Waals surface area contributed by atoms with Crippen LogP contribution in [0.3, 0.4) is 0 Å². The molecule has 0 aliphatic carbocycles. The molecule has 0 N–H and O–H groups in total. The number of hydrogen-bond acceptors (Lipinski definition) is 3. The molecule has 0 aliphatic heterocycles. The minimum absolute atomic E-state index is 0.237. The van der Waals surface area contributed by atoms with Gasteiger partial charge in [0.25, 0.3) is 0 Å². The van der Waals surface area contributed by atoms with E-state index in [1.54, 1.807) is 7.11 Å². The van der Waals surface area contributed by atoms with Crippen molar-refractivity contribution in [3.8, 4) is 0 Å². The first-order valence-electron chi connectivity index (χ1n) is 6.49. The Kier molecular flexibility index (Phi) is 7.30. The highest BCUT2D eigenvalue weighted by Crippen LogP contribution is 2.05. The fourth-order valence-corrected chi connectivity index (χ4v) is 1.87. The highest BCUT2D eigenvalue weighted by molar-refractivity contribution is 5.95. The van der Waals surface area contributed by atoms with Crippen molar-refractivity contribution in [1.82, 2.24) is 4.90 Å². The summed E-state index contributed by atoms with van der Waals surface area (Å²) in [7, 11) is 3.81. The Hall–Kier alpha value is -1.19. The van der Waals surface area contributed by atoms with Gasteiger partial charge in [-0.1, -0.05) is 30.3 Å². The second kappa shape index (κ2) is 8.84. The van der Waals surface area contributed by atoms with Crippen molar-refractivity contribution >= 4 is 5.78 Å². The Morgan fingerprint density at radius 2 is 1.83 bits per heavy atom. The van der Waals surface area contributed by atoms with Crippen LogP contribution in [0.2, 0.25) is 0 Å². The van der Waals surface area contributed by atoms with E-state index >= 15 is 0 Å². The molecule has 0 aliphatic rings. The van der Waals surface area contributed by atoms with Crippen LogP contribution in [0.15, 0.2) is 30.3 Å². The Bertz CT molecular complexity index is 338. The van der Waals surface area contributed by atoms with Crippen molar-refractivity contribution in [2.24, 2.45) is 0 Å². The lowest BCUT2D eigenvalue weighted by molar-refractivity contribution is 0.0975. The van der Waals surface area contributed by atoms with E-state index in [0.717, 1.165) is 38.1 Å². The summed E-state index contributed by atoms with van der Waals surface area (Å²) >= 11 is 0. The molecule has 0 radical (unpaired) electrons. The van der Waals surface area contributed by atoms with Gasteiger partial charge in [0.2, 0.25) is 0 Å². The smallest absolute Gasteiger partial charge is 0.162 e. The molecule has 3 nitrogen and oxygen atoms in total. The number of Topliss-reactive ketones (excluding diaryl/α,β-unsaturated/α-hetero) is 1. The van der Waals surface area contributed by atoms with Crippen LogP contribution in [-0.4, -0.2) is 44.5 Å². The number of ketones is 1. The van der Waals surface area contributed by atoms with E-state index in [1.165, 1.54) is 0 Å². The Morgan fingerprint density at radius 1 is 1.17 bits per heavy atom. The van der Waals surface area contributed by atoms with Crippen molar-refractivity contribution in [1.29, 1.82) is 0 Å². The van der Waals surface area contributed by atoms with Crippen LogP contribution in [0.1, 0.15) is 29.6 Å². The number of methoxy groups -OCH3 is 1. The summed E-state index contributed by atoms with van der Waals surface area (Å²) in [4.78, 5) is 14.1. The molecule has 0 bridgehead atoms. The van der Waals surface area contributed by atoms with Gasteiger partial charge >= 0.3 is 0 Å². The van der Waals surface area contributed by atoms with Gasteiger partial charge < -0.3 is 9.64 Å². The quantitative estimate of drug-likeness (QED) is 0.498. The molecule has 18 heavy (non-hydrogen) atoms. The van der Waals surface area contributed by atoms with Gasteiger partial charge in [-0.2, -0.15) is 0 Å². The molecule has 0 saturated carbocycles. The molecule has 1 rings (SSSR count). The van der Waals surface area contributed by atoms with Gasteiger partial charge in [-0.3, -0.25) is 4.79 Å². The van der Waals surface area contributed by atoms with Gasteiger partial charge in [0.1, 0.15) is 0 Å². The molecule has 1 aromatic rings. The van der Waals surface area contributed by atoms with Crippen LogP contribution in [0, 0.1) is 0 Å². The van der Waals surface area contributed by atoms with Gasteiger partial charge in [-0.05, 0) is 26.4 Å². The minimum atomic E-state index is 0.237. The molecule has 0 unspecified atom stereocenters. The summed E-state index contributed by atoms with van der Waals surface area (Å²) < 4.78 is 5.01. The van der Waals surface area contributed by atoms with Gasteiger partial charge in [-0.15, -0.1) is 0 Å². The lowest BCUT2D eigenvalue weighted by Gasteiger charge is -2.15. The van der Waals surface area contributed by atoms with Gasteiger partial charge in [0, 0.05) is 32.2 Å². The number of nitrogens with zero attached hydrogens (tertiary/aromatic N) is 1. The van der Waals surface area contributed by atoms with Crippen LogP contribution >= 0.6 is 0 Å². The largest absolute Gasteiger partial charge is 0.385 e. The summed E-state index contributed by atoms with van der Waals surface area (Å²) in [5.41, 5.74) is 0.819. The molecule has 0 atom stereocenters. The van der Waals surface area contributed by atoms with Gasteiger partial charge in [0.05, 0.1) is 0 Å². The minimum Gasteiger partial charge on any atom is -0.385 e. The predicted octanol–water partition coefficient (Wildman–Crippen LogP) is 2.62. The second-order valence-electron chi connectivity index (χ2n) is 4.54. The van der Waals surface area contributed by atoms with Gasteiger partial charge in [-0.25, -0.2) is 0 Å². The van der Waals surface area contributed by atoms with E-state index in [4.69, 9.17) is 4.74 Å². The van der Waals surface area contributed by atoms with Crippen molar-refractivity contribution < 1.29 is 9.53 Å². The second-order valence-corrected chi connectivity index (χ2v) is 4.54. The lowest BCUT2D eigenvalue weighted by Crippen LogP contribution is -2.22. The molecular weight excluding hydrogens is 226 g/mol. The third-order valence-electron chi connectivity index (χ3n) is 2.93. The average Bonchev–Trinajstić information content (AvgIpc) is 2.40. The van der Waals surface area contributed by atoms with E-state index in [9.17, 15) is 4.79 Å². The zero-order valence-electron chi connectivity index (χ0n) is 11.4. The molecule has 0 aromatic heterocycles. The standard InChI is InChI=1S/C15H23NO2/c1-16(12-7-13-18-2)11-6-10-15(17)14-8-4-3-5-9-14/h3-5,8-9H,6-7,10-13H2,1-2H3. The Morgan fingerprint density at radius 3 is 2.50 bits per heavy atom. The van der Waals surface area contributed by atoms with E-state index in [1.807, 2.05) is 30.3 Å². The SMILES string of the molecule is COCCCN(C)CCCC(=O)c1ccccc1. The molecule has 0 fully saturated rings. The van der Waals surface area contributed by atoms with Crippen molar-refractivity contribution in [3.63, 3.8) is 0 Å². The maximum absolute atomic E-state index is 11.8. The predicted molar refractivity (Wildman–Crippen MR) is 74.0 cm³/mol. The van der Waals surface area contributed by atoms with Crippen LogP contribution in [-0.2, 0) is 4.74 Å². The van der Waals surface area contributed by atoms with Crippen molar-refractivity contribution in [2.45, 2.75) is 19.3 Å². The van der Waals surface area contributed by atoms with Crippen molar-refractivity contribution in [2.75, 3.05) is 33.9 Å². The molecule has 3 heteroatoms. The third kappa shape index (κ3) is 5.94. The normalized spacial score (nSPS) is 10.8. The fourth-order valence-electron chi connectivity index (χ4n) is 1.87. The van der Waals surface area contributed by atoms with E-state index in [2.05, 4.69) is 11.9 Å². The zero-order valence-corrected chi connectivity index (χ0v) is 11.4. The van der Waals surface area contributed by atoms with Crippen molar-refractivity contribution in [3.05, 3.63) is 35.9 Å². The molecule has 0 saturated heterocycles. The Labute approximate surface area is 110 Å². The zero-order chi connectivity index (χ0) is 13.2. The number of hydrogen-bond donors (Lipinski definition) is 0. The van der Waals surface area contributed by atoms with E-state index < -0.39 is 0 Å². The fraction of sp³-hybridized carbons (Fsp3) is 0.533. The monoisotopic (exact) mass is 249 g/mol. The topological polar surface area (TPSA) is 29.5 Å². The maximum atomic E-state index is 11.8. The number of ether oxygens (including phenoxy) is 1. The summed E-state index contributed by atoms with van der Waals surface area (Å²) in [6.45, 7) is 2.78. The van der Waals surface area contributed by atoms with Crippen LogP contribution in [0.25, 0.3) is 0 Å². The number of carbonyl (C=O) groups is 1. The molecule has 0 spiro atoms. The van der Waals surface area contributed by atoms with Crippen LogP contribution in [0.5, 0.6) is 0 Å². The number of carbonyl (C=O) groups excluding carboxylic acids is 1. The number of rotatable bonds is 9. The number of benzene rings is 1. The first-order chi connectivity index (χ1) is 8.74. The molecular formula is C15H23NO2. The summed E-state index contributed by atoms with van der Waals surface area (Å²) in [5.74, 6) is 0.237. The summed E-state index contributed by atoms with van der Waals surface area (Å²) in [6, 6.07) is 9.50. The highest BCUT2D eigenvalue weighted by Gasteiger charge is 2.05. The molecule has 0 heterocycles. The summed E-state index contributed by atoms with van der Waals surface area (Å²) in [6.07, 6.45) is 2.58. The summed E-state index contributed by atoms with van der Waals surface area (Å²) in [5, 5.41) is 0. The molecule has 100 valence electrons.